The van der Waals surface area contributed by atoms with Crippen LogP contribution in [0.15, 0.2) is 150 Å². The smallest absolute Gasteiger partial charge is 0.136 e. The standard InChI is InChI=1S/C50H40O/c1-5-15-41-38(6-2)39(34-23-22-32-16-11-12-17-33(32)26-34)18-9-7-8-10-19-40(41)35-24-25-46-43(27-35)44-28-37-31-49-45(42-20-13-14-21-48(42)51-49)29-36(37)30-47(44)50(46,3)4/h6-31H,5H2,1-4H3/b9-7?,10-8?,38-6-,39-18?,40-19?,41-15+. The Balaban J connectivity index is 1.28. The highest BCUT2D eigenvalue weighted by atomic mass is 16.3. The van der Waals surface area contributed by atoms with E-state index in [1.165, 1.54) is 87.3 Å². The molecule has 0 amide bonds. The molecule has 51 heavy (non-hydrogen) atoms. The zero-order valence-electron chi connectivity index (χ0n) is 29.6. The van der Waals surface area contributed by atoms with Crippen molar-refractivity contribution in [2.24, 2.45) is 0 Å². The van der Waals surface area contributed by atoms with Crippen molar-refractivity contribution in [3.05, 3.63) is 167 Å². The minimum atomic E-state index is -0.122. The predicted octanol–water partition coefficient (Wildman–Crippen LogP) is 12.6. The minimum Gasteiger partial charge on any atom is -0.456 e. The fourth-order valence-electron chi connectivity index (χ4n) is 8.38. The van der Waals surface area contributed by atoms with Crippen LogP contribution in [0.5, 0.6) is 0 Å². The van der Waals surface area contributed by atoms with Crippen molar-refractivity contribution < 1.29 is 4.42 Å². The van der Waals surface area contributed by atoms with Crippen molar-refractivity contribution in [2.75, 3.05) is 0 Å². The molecular formula is C50H40O. The summed E-state index contributed by atoms with van der Waals surface area (Å²) in [4.78, 5) is 0. The molecule has 0 bridgehead atoms. The second-order valence-electron chi connectivity index (χ2n) is 14.3. The van der Waals surface area contributed by atoms with E-state index in [4.69, 9.17) is 4.42 Å². The summed E-state index contributed by atoms with van der Waals surface area (Å²) in [6.07, 6.45) is 5.61. The Hall–Kier alpha value is -5.92. The molecule has 0 aliphatic heterocycles. The van der Waals surface area contributed by atoms with E-state index in [0.29, 0.717) is 0 Å². The van der Waals surface area contributed by atoms with Gasteiger partial charge >= 0.3 is 0 Å². The van der Waals surface area contributed by atoms with Gasteiger partial charge in [0.2, 0.25) is 0 Å². The molecule has 9 rings (SSSR count). The summed E-state index contributed by atoms with van der Waals surface area (Å²) < 4.78 is 6.31. The van der Waals surface area contributed by atoms with Gasteiger partial charge in [0.05, 0.1) is 0 Å². The number of rotatable bonds is 3. The van der Waals surface area contributed by atoms with Crippen LogP contribution in [-0.4, -0.2) is 0 Å². The van der Waals surface area contributed by atoms with Crippen LogP contribution in [0.3, 0.4) is 0 Å². The van der Waals surface area contributed by atoms with Crippen LogP contribution in [0.25, 0.3) is 89.0 Å². The van der Waals surface area contributed by atoms with E-state index < -0.39 is 0 Å². The first-order chi connectivity index (χ1) is 24.9. The van der Waals surface area contributed by atoms with Gasteiger partial charge in [0.15, 0.2) is 0 Å². The van der Waals surface area contributed by atoms with Crippen LogP contribution in [0.1, 0.15) is 45.2 Å². The molecule has 0 unspecified atom stereocenters. The van der Waals surface area contributed by atoms with E-state index in [-0.39, 0.29) is 5.41 Å². The fourth-order valence-corrected chi connectivity index (χ4v) is 8.38. The van der Waals surface area contributed by atoms with Crippen molar-refractivity contribution in [1.29, 1.82) is 0 Å². The molecule has 0 fully saturated rings. The van der Waals surface area contributed by atoms with Crippen LogP contribution in [0, 0.1) is 0 Å². The highest BCUT2D eigenvalue weighted by Crippen LogP contribution is 2.51. The largest absolute Gasteiger partial charge is 0.456 e. The van der Waals surface area contributed by atoms with E-state index in [1.54, 1.807) is 0 Å². The third-order valence-electron chi connectivity index (χ3n) is 10.9. The van der Waals surface area contributed by atoms with Crippen molar-refractivity contribution in [3.8, 4) is 33.4 Å². The second kappa shape index (κ2) is 12.1. The molecule has 0 saturated carbocycles. The third kappa shape index (κ3) is 5.07. The summed E-state index contributed by atoms with van der Waals surface area (Å²) in [6, 6.07) is 53.4. The molecule has 1 heteroatoms. The summed E-state index contributed by atoms with van der Waals surface area (Å²) in [5, 5.41) is 9.78. The number of benzene rings is 6. The molecule has 1 heterocycles. The first-order valence-electron chi connectivity index (χ1n) is 18.1. The molecule has 8 aromatic rings. The molecular weight excluding hydrogens is 617 g/mol. The quantitative estimate of drug-likeness (QED) is 0.184. The number of hydrogen-bond acceptors (Lipinski definition) is 1. The van der Waals surface area contributed by atoms with E-state index in [0.717, 1.165) is 17.6 Å². The predicted molar refractivity (Wildman–Crippen MR) is 219 cm³/mol. The lowest BCUT2D eigenvalue weighted by molar-refractivity contribution is 0.661. The minimum absolute atomic E-state index is 0.122. The van der Waals surface area contributed by atoms with Gasteiger partial charge in [-0.2, -0.15) is 0 Å². The average Bonchev–Trinajstić information content (AvgIpc) is 3.62. The van der Waals surface area contributed by atoms with Gasteiger partial charge in [-0.1, -0.05) is 136 Å². The topological polar surface area (TPSA) is 13.1 Å². The van der Waals surface area contributed by atoms with Crippen LogP contribution in [0.2, 0.25) is 0 Å². The van der Waals surface area contributed by atoms with Gasteiger partial charge in [0, 0.05) is 16.2 Å². The molecule has 1 aromatic heterocycles. The van der Waals surface area contributed by atoms with Gasteiger partial charge in [0.1, 0.15) is 11.2 Å². The molecule has 0 N–H and O–H groups in total. The van der Waals surface area contributed by atoms with Crippen LogP contribution >= 0.6 is 0 Å². The van der Waals surface area contributed by atoms with E-state index in [1.807, 2.05) is 6.07 Å². The van der Waals surface area contributed by atoms with Crippen molar-refractivity contribution in [1.82, 2.24) is 0 Å². The summed E-state index contributed by atoms with van der Waals surface area (Å²) in [6.45, 7) is 9.14. The van der Waals surface area contributed by atoms with E-state index in [9.17, 15) is 0 Å². The maximum absolute atomic E-state index is 6.31. The fraction of sp³-hybridized carbons (Fsp3) is 0.120. The van der Waals surface area contributed by atoms with Crippen LogP contribution in [-0.2, 0) is 5.41 Å². The number of fused-ring (bicyclic) bond motifs is 8. The van der Waals surface area contributed by atoms with Gasteiger partial charge in [-0.25, -0.2) is 0 Å². The second-order valence-corrected chi connectivity index (χ2v) is 14.3. The van der Waals surface area contributed by atoms with Gasteiger partial charge in [-0.05, 0) is 132 Å². The Morgan fingerprint density at radius 1 is 0.490 bits per heavy atom. The first kappa shape index (κ1) is 31.1. The SMILES string of the molecule is C/C=c1/c(-c2ccc3ccccc3c2)ccccccc(-c2ccc3c(c2)-c2cc4cc5oc6ccccc6c5cc4cc2C3(C)C)/c1=C/CC. The summed E-state index contributed by atoms with van der Waals surface area (Å²) in [7, 11) is 0. The van der Waals surface area contributed by atoms with Gasteiger partial charge in [-0.3, -0.25) is 0 Å². The molecule has 0 atom stereocenters. The maximum Gasteiger partial charge on any atom is 0.136 e. The number of para-hydroxylation sites is 1. The Kier molecular flexibility index (Phi) is 7.40. The lowest BCUT2D eigenvalue weighted by Gasteiger charge is -2.22. The normalized spacial score (nSPS) is 14.0. The molecule has 7 aromatic carbocycles. The molecule has 0 spiro atoms. The Morgan fingerprint density at radius 2 is 1.16 bits per heavy atom. The Labute approximate surface area is 299 Å². The zero-order chi connectivity index (χ0) is 34.7. The van der Waals surface area contributed by atoms with E-state index in [2.05, 4.69) is 179 Å². The maximum atomic E-state index is 6.31. The average molecular weight is 657 g/mol. The van der Waals surface area contributed by atoms with Crippen molar-refractivity contribution in [2.45, 2.75) is 39.5 Å². The lowest BCUT2D eigenvalue weighted by Crippen LogP contribution is -2.27. The van der Waals surface area contributed by atoms with Gasteiger partial charge in [-0.15, -0.1) is 0 Å². The highest BCUT2D eigenvalue weighted by molar-refractivity contribution is 6.11. The lowest BCUT2D eigenvalue weighted by atomic mass is 9.81. The molecule has 0 saturated heterocycles. The van der Waals surface area contributed by atoms with Crippen molar-refractivity contribution in [3.63, 3.8) is 0 Å². The van der Waals surface area contributed by atoms with Gasteiger partial charge < -0.3 is 4.42 Å². The Morgan fingerprint density at radius 3 is 1.96 bits per heavy atom. The van der Waals surface area contributed by atoms with Crippen molar-refractivity contribution >= 4 is 55.6 Å². The zero-order valence-corrected chi connectivity index (χ0v) is 29.6. The molecule has 1 aliphatic carbocycles. The highest BCUT2D eigenvalue weighted by Gasteiger charge is 2.36. The summed E-state index contributed by atoms with van der Waals surface area (Å²) in [5.41, 5.74) is 12.0. The molecule has 246 valence electrons. The van der Waals surface area contributed by atoms with Crippen LogP contribution < -0.4 is 10.4 Å². The summed E-state index contributed by atoms with van der Waals surface area (Å²) in [5.74, 6) is 0. The molecule has 1 aliphatic rings. The first-order valence-corrected chi connectivity index (χ1v) is 18.1. The summed E-state index contributed by atoms with van der Waals surface area (Å²) >= 11 is 0. The third-order valence-corrected chi connectivity index (χ3v) is 10.9. The monoisotopic (exact) mass is 656 g/mol. The number of hydrogen-bond donors (Lipinski definition) is 0. The molecule has 0 radical (unpaired) electrons. The van der Waals surface area contributed by atoms with Crippen LogP contribution in [0.4, 0.5) is 0 Å². The molecule has 1 nitrogen and oxygen atoms in total. The number of furan rings is 1. The van der Waals surface area contributed by atoms with Gasteiger partial charge in [0.25, 0.3) is 0 Å². The van der Waals surface area contributed by atoms with E-state index >= 15 is 0 Å². The Bertz CT molecular complexity index is 2880.